The summed E-state index contributed by atoms with van der Waals surface area (Å²) in [5.74, 6) is 0.553. The summed E-state index contributed by atoms with van der Waals surface area (Å²) in [6, 6.07) is 6.36. The van der Waals surface area contributed by atoms with Crippen LogP contribution < -0.4 is 4.90 Å². The summed E-state index contributed by atoms with van der Waals surface area (Å²) in [6.07, 6.45) is 0.327. The van der Waals surface area contributed by atoms with E-state index >= 15 is 0 Å². The van der Waals surface area contributed by atoms with Crippen LogP contribution >= 0.6 is 11.3 Å². The normalized spacial score (nSPS) is 14.5. The van der Waals surface area contributed by atoms with Crippen molar-refractivity contribution in [2.75, 3.05) is 31.1 Å². The Morgan fingerprint density at radius 3 is 2.54 bits per heavy atom. The molecule has 146 valence electrons. The van der Waals surface area contributed by atoms with Crippen LogP contribution in [0.2, 0.25) is 0 Å². The highest BCUT2D eigenvalue weighted by Gasteiger charge is 2.24. The molecule has 0 N–H and O–H groups in total. The van der Waals surface area contributed by atoms with Crippen LogP contribution in [0.25, 0.3) is 11.3 Å². The topological polar surface area (TPSA) is 62.5 Å². The average molecular weight is 400 g/mol. The van der Waals surface area contributed by atoms with Crippen molar-refractivity contribution in [2.24, 2.45) is 0 Å². The number of nitrogens with zero attached hydrogens (tertiary/aromatic N) is 4. The summed E-state index contributed by atoms with van der Waals surface area (Å²) in [4.78, 5) is 21.4. The van der Waals surface area contributed by atoms with Gasteiger partial charge in [-0.15, -0.1) is 11.3 Å². The molecular weight excluding hydrogens is 379 g/mol. The number of anilines is 1. The fourth-order valence-corrected chi connectivity index (χ4v) is 4.22. The lowest BCUT2D eigenvalue weighted by atomic mass is 10.1. The first kappa shape index (κ1) is 18.6. The average Bonchev–Trinajstić information content (AvgIpc) is 3.31. The van der Waals surface area contributed by atoms with E-state index in [2.05, 4.69) is 15.0 Å². The van der Waals surface area contributed by atoms with Gasteiger partial charge in [-0.3, -0.25) is 4.79 Å². The van der Waals surface area contributed by atoms with Crippen LogP contribution in [-0.4, -0.2) is 47.1 Å². The standard InChI is InChI=1S/C20H21FN4O2S/c1-13-17(14(2)27-23-13)11-19(26)24-7-9-25(10-8-24)20-22-18(12-28-20)15-3-5-16(21)6-4-15/h3-6,12H,7-11H2,1-2H3. The Bertz CT molecular complexity index is 955. The second-order valence-corrected chi connectivity index (χ2v) is 7.71. The molecule has 6 nitrogen and oxygen atoms in total. The maximum Gasteiger partial charge on any atom is 0.227 e. The molecule has 1 saturated heterocycles. The van der Waals surface area contributed by atoms with Crippen LogP contribution in [-0.2, 0) is 11.2 Å². The van der Waals surface area contributed by atoms with Gasteiger partial charge in [0, 0.05) is 42.7 Å². The highest BCUT2D eigenvalue weighted by atomic mass is 32.1. The van der Waals surface area contributed by atoms with Crippen LogP contribution in [0.15, 0.2) is 34.2 Å². The molecule has 3 aromatic rings. The summed E-state index contributed by atoms with van der Waals surface area (Å²) in [5, 5.41) is 6.83. The first-order valence-electron chi connectivity index (χ1n) is 9.17. The van der Waals surface area contributed by atoms with Crippen LogP contribution in [0, 0.1) is 19.7 Å². The number of aromatic nitrogens is 2. The number of hydrogen-bond acceptors (Lipinski definition) is 6. The van der Waals surface area contributed by atoms with Crippen LogP contribution in [0.1, 0.15) is 17.0 Å². The minimum atomic E-state index is -0.253. The minimum absolute atomic E-state index is 0.0974. The maximum atomic E-state index is 13.1. The van der Waals surface area contributed by atoms with E-state index in [9.17, 15) is 9.18 Å². The monoisotopic (exact) mass is 400 g/mol. The zero-order valence-electron chi connectivity index (χ0n) is 15.8. The third-order valence-corrected chi connectivity index (χ3v) is 5.95. The van der Waals surface area contributed by atoms with E-state index in [-0.39, 0.29) is 11.7 Å². The van der Waals surface area contributed by atoms with E-state index in [0.717, 1.165) is 40.7 Å². The Morgan fingerprint density at radius 1 is 1.18 bits per heavy atom. The van der Waals surface area contributed by atoms with Crippen molar-refractivity contribution in [1.29, 1.82) is 0 Å². The minimum Gasteiger partial charge on any atom is -0.361 e. The van der Waals surface area contributed by atoms with Crippen molar-refractivity contribution in [3.63, 3.8) is 0 Å². The van der Waals surface area contributed by atoms with Crippen molar-refractivity contribution in [3.8, 4) is 11.3 Å². The molecule has 1 aliphatic rings. The van der Waals surface area contributed by atoms with Crippen LogP contribution in [0.3, 0.4) is 0 Å². The van der Waals surface area contributed by atoms with Gasteiger partial charge in [0.05, 0.1) is 17.8 Å². The lowest BCUT2D eigenvalue weighted by Gasteiger charge is -2.34. The zero-order valence-corrected chi connectivity index (χ0v) is 16.6. The van der Waals surface area contributed by atoms with Gasteiger partial charge < -0.3 is 14.3 Å². The van der Waals surface area contributed by atoms with Gasteiger partial charge >= 0.3 is 0 Å². The highest BCUT2D eigenvalue weighted by Crippen LogP contribution is 2.28. The van der Waals surface area contributed by atoms with Crippen LogP contribution in [0.4, 0.5) is 9.52 Å². The second-order valence-electron chi connectivity index (χ2n) is 6.87. The Kier molecular flexibility index (Phi) is 5.13. The molecule has 8 heteroatoms. The summed E-state index contributed by atoms with van der Waals surface area (Å²) in [6.45, 7) is 6.49. The largest absolute Gasteiger partial charge is 0.361 e. The quantitative estimate of drug-likeness (QED) is 0.671. The Labute approximate surface area is 166 Å². The summed E-state index contributed by atoms with van der Waals surface area (Å²) < 4.78 is 18.2. The number of rotatable bonds is 4. The predicted octanol–water partition coefficient (Wildman–Crippen LogP) is 3.45. The number of aryl methyl sites for hydroxylation is 2. The third-order valence-electron chi connectivity index (χ3n) is 5.04. The zero-order chi connectivity index (χ0) is 19.7. The molecule has 0 radical (unpaired) electrons. The number of carbonyl (C=O) groups is 1. The summed E-state index contributed by atoms with van der Waals surface area (Å²) >= 11 is 1.57. The molecule has 1 aromatic carbocycles. The first-order chi connectivity index (χ1) is 13.5. The van der Waals surface area contributed by atoms with E-state index in [4.69, 9.17) is 4.52 Å². The van der Waals surface area contributed by atoms with E-state index in [1.54, 1.807) is 23.5 Å². The predicted molar refractivity (Wildman–Crippen MR) is 106 cm³/mol. The van der Waals surface area contributed by atoms with Crippen molar-refractivity contribution >= 4 is 22.4 Å². The number of thiazole rings is 1. The van der Waals surface area contributed by atoms with Gasteiger partial charge in [-0.25, -0.2) is 9.37 Å². The molecule has 1 amide bonds. The number of piperazine rings is 1. The Balaban J connectivity index is 1.36. The molecule has 0 bridgehead atoms. The van der Waals surface area contributed by atoms with E-state index < -0.39 is 0 Å². The summed E-state index contributed by atoms with van der Waals surface area (Å²) in [5.41, 5.74) is 3.41. The molecule has 28 heavy (non-hydrogen) atoms. The molecular formula is C20H21FN4O2S. The fraction of sp³-hybridized carbons (Fsp3) is 0.350. The van der Waals surface area contributed by atoms with Crippen LogP contribution in [0.5, 0.6) is 0 Å². The molecule has 3 heterocycles. The van der Waals surface area contributed by atoms with Crippen molar-refractivity contribution in [2.45, 2.75) is 20.3 Å². The molecule has 2 aromatic heterocycles. The van der Waals surface area contributed by atoms with Gasteiger partial charge in [-0.05, 0) is 38.1 Å². The maximum absolute atomic E-state index is 13.1. The molecule has 0 aliphatic carbocycles. The number of halogens is 1. The van der Waals surface area contributed by atoms with E-state index in [1.165, 1.54) is 12.1 Å². The van der Waals surface area contributed by atoms with Gasteiger partial charge in [-0.2, -0.15) is 0 Å². The second kappa shape index (κ2) is 7.71. The lowest BCUT2D eigenvalue weighted by Crippen LogP contribution is -2.49. The molecule has 0 unspecified atom stereocenters. The number of amides is 1. The van der Waals surface area contributed by atoms with Crippen molar-refractivity contribution in [1.82, 2.24) is 15.0 Å². The van der Waals surface area contributed by atoms with Gasteiger partial charge in [0.25, 0.3) is 0 Å². The van der Waals surface area contributed by atoms with E-state index in [0.29, 0.717) is 25.3 Å². The van der Waals surface area contributed by atoms with Gasteiger partial charge in [0.2, 0.25) is 5.91 Å². The highest BCUT2D eigenvalue weighted by molar-refractivity contribution is 7.14. The SMILES string of the molecule is Cc1noc(C)c1CC(=O)N1CCN(c2nc(-c3ccc(F)cc3)cs2)CC1. The number of benzene rings is 1. The third kappa shape index (κ3) is 3.77. The number of hydrogen-bond donors (Lipinski definition) is 0. The van der Waals surface area contributed by atoms with Crippen molar-refractivity contribution < 1.29 is 13.7 Å². The summed E-state index contributed by atoms with van der Waals surface area (Å²) in [7, 11) is 0. The molecule has 0 atom stereocenters. The molecule has 0 spiro atoms. The molecule has 4 rings (SSSR count). The van der Waals surface area contributed by atoms with Gasteiger partial charge in [-0.1, -0.05) is 5.16 Å². The lowest BCUT2D eigenvalue weighted by molar-refractivity contribution is -0.130. The first-order valence-corrected chi connectivity index (χ1v) is 10.0. The van der Waals surface area contributed by atoms with Gasteiger partial charge in [0.1, 0.15) is 11.6 Å². The number of carbonyl (C=O) groups excluding carboxylic acids is 1. The molecule has 1 fully saturated rings. The molecule has 1 aliphatic heterocycles. The van der Waals surface area contributed by atoms with E-state index in [1.807, 2.05) is 24.1 Å². The fourth-order valence-electron chi connectivity index (χ4n) is 3.33. The van der Waals surface area contributed by atoms with Gasteiger partial charge in [0.15, 0.2) is 5.13 Å². The smallest absolute Gasteiger partial charge is 0.227 e. The Morgan fingerprint density at radius 2 is 1.89 bits per heavy atom. The molecule has 0 saturated carbocycles. The van der Waals surface area contributed by atoms with Crippen molar-refractivity contribution in [3.05, 3.63) is 52.5 Å². The Hall–Kier alpha value is -2.74.